The molecule has 0 bridgehead atoms. The Balaban J connectivity index is 1.67. The molecule has 1 fully saturated rings. The Labute approximate surface area is 194 Å². The number of likely N-dealkylation sites (tertiary alicyclic amines) is 1. The number of sulfonamides is 1. The zero-order valence-corrected chi connectivity index (χ0v) is 19.8. The Morgan fingerprint density at radius 2 is 1.65 bits per heavy atom. The van der Waals surface area contributed by atoms with Crippen LogP contribution in [0.1, 0.15) is 30.4 Å². The van der Waals surface area contributed by atoms with Gasteiger partial charge in [-0.15, -0.1) is 0 Å². The number of nitrogens with one attached hydrogen (secondary N) is 1. The quantitative estimate of drug-likeness (QED) is 0.614. The molecule has 0 aliphatic carbocycles. The van der Waals surface area contributed by atoms with E-state index in [9.17, 15) is 13.2 Å². The summed E-state index contributed by atoms with van der Waals surface area (Å²) >= 11 is 12.0. The monoisotopic (exact) mass is 483 g/mol. The highest BCUT2D eigenvalue weighted by molar-refractivity contribution is 7.92. The molecule has 0 aromatic heterocycles. The molecule has 1 amide bonds. The molecule has 0 atom stereocenters. The molecule has 1 N–H and O–H groups in total. The highest BCUT2D eigenvalue weighted by atomic mass is 35.5. The Morgan fingerprint density at radius 1 is 1.03 bits per heavy atom. The third-order valence-corrected chi connectivity index (χ3v) is 6.84. The van der Waals surface area contributed by atoms with Crippen molar-refractivity contribution in [1.82, 2.24) is 10.2 Å². The minimum atomic E-state index is -3.71. The van der Waals surface area contributed by atoms with Gasteiger partial charge in [0.05, 0.1) is 11.9 Å². The molecule has 3 rings (SSSR count). The van der Waals surface area contributed by atoms with Gasteiger partial charge < -0.3 is 5.32 Å². The lowest BCUT2D eigenvalue weighted by molar-refractivity contribution is -0.119. The summed E-state index contributed by atoms with van der Waals surface area (Å²) in [5, 5.41) is 3.44. The van der Waals surface area contributed by atoms with Crippen LogP contribution in [0.4, 0.5) is 5.69 Å². The highest BCUT2D eigenvalue weighted by Gasteiger charge is 2.22. The molecule has 9 heteroatoms. The van der Waals surface area contributed by atoms with Gasteiger partial charge in [-0.25, -0.2) is 8.42 Å². The first kappa shape index (κ1) is 23.9. The van der Waals surface area contributed by atoms with Gasteiger partial charge in [0.1, 0.15) is 6.54 Å². The molecule has 0 spiro atoms. The van der Waals surface area contributed by atoms with Gasteiger partial charge in [0.15, 0.2) is 0 Å². The lowest BCUT2D eigenvalue weighted by Gasteiger charge is -2.27. The van der Waals surface area contributed by atoms with Crippen LogP contribution < -0.4 is 9.62 Å². The van der Waals surface area contributed by atoms with Gasteiger partial charge in [0.25, 0.3) is 0 Å². The Morgan fingerprint density at radius 3 is 2.26 bits per heavy atom. The third-order valence-electron chi connectivity index (χ3n) is 5.26. The van der Waals surface area contributed by atoms with Crippen LogP contribution in [0.25, 0.3) is 0 Å². The van der Waals surface area contributed by atoms with Crippen LogP contribution in [0, 0.1) is 0 Å². The fourth-order valence-electron chi connectivity index (χ4n) is 3.71. The first-order valence-corrected chi connectivity index (χ1v) is 12.8. The number of halogens is 2. The molecule has 1 aliphatic heterocycles. The molecular weight excluding hydrogens is 457 g/mol. The standard InChI is InChI=1S/C22H27Cl2N3O3S/c1-31(29,30)27(21-12-19(23)11-20(24)13-21)16-22(28)25-14-17-7-3-4-8-18(17)15-26-9-5-2-6-10-26/h3-4,7-8,11-13H,2,5-6,9-10,14-16H2,1H3,(H,25,28). The van der Waals surface area contributed by atoms with E-state index in [1.165, 1.54) is 43.0 Å². The second kappa shape index (κ2) is 10.7. The second-order valence-electron chi connectivity index (χ2n) is 7.78. The Bertz CT molecular complexity index is 1000. The number of amides is 1. The maximum atomic E-state index is 12.6. The van der Waals surface area contributed by atoms with Crippen LogP contribution in [0.5, 0.6) is 0 Å². The smallest absolute Gasteiger partial charge is 0.241 e. The van der Waals surface area contributed by atoms with Crippen LogP contribution in [-0.2, 0) is 27.9 Å². The number of rotatable bonds is 8. The molecule has 1 aliphatic rings. The van der Waals surface area contributed by atoms with E-state index >= 15 is 0 Å². The van der Waals surface area contributed by atoms with Crippen LogP contribution >= 0.6 is 23.2 Å². The Hall–Kier alpha value is -1.80. The summed E-state index contributed by atoms with van der Waals surface area (Å²) in [6.07, 6.45) is 4.76. The maximum Gasteiger partial charge on any atom is 0.241 e. The maximum absolute atomic E-state index is 12.6. The van der Waals surface area contributed by atoms with Crippen molar-refractivity contribution < 1.29 is 13.2 Å². The van der Waals surface area contributed by atoms with Crippen LogP contribution in [0.15, 0.2) is 42.5 Å². The average molecular weight is 484 g/mol. The summed E-state index contributed by atoms with van der Waals surface area (Å²) in [6.45, 7) is 3.00. The van der Waals surface area contributed by atoms with Gasteiger partial charge in [-0.1, -0.05) is 53.9 Å². The molecule has 2 aromatic carbocycles. The lowest BCUT2D eigenvalue weighted by atomic mass is 10.0. The minimum Gasteiger partial charge on any atom is -0.350 e. The number of nitrogens with zero attached hydrogens (tertiary/aromatic N) is 2. The first-order valence-electron chi connectivity index (χ1n) is 10.2. The van der Waals surface area contributed by atoms with Gasteiger partial charge in [-0.3, -0.25) is 14.0 Å². The fourth-order valence-corrected chi connectivity index (χ4v) is 5.06. The zero-order valence-electron chi connectivity index (χ0n) is 17.5. The number of carbonyl (C=O) groups is 1. The number of carbonyl (C=O) groups excluding carboxylic acids is 1. The molecule has 2 aromatic rings. The summed E-state index contributed by atoms with van der Waals surface area (Å²) in [7, 11) is -3.71. The van der Waals surface area contributed by atoms with E-state index in [-0.39, 0.29) is 12.2 Å². The lowest BCUT2D eigenvalue weighted by Crippen LogP contribution is -2.40. The second-order valence-corrected chi connectivity index (χ2v) is 10.6. The van der Waals surface area contributed by atoms with Gasteiger partial charge in [0.2, 0.25) is 15.9 Å². The summed E-state index contributed by atoms with van der Waals surface area (Å²) in [5.41, 5.74) is 2.45. The predicted molar refractivity (Wildman–Crippen MR) is 126 cm³/mol. The van der Waals surface area contributed by atoms with E-state index in [0.717, 1.165) is 35.8 Å². The molecule has 31 heavy (non-hydrogen) atoms. The summed E-state index contributed by atoms with van der Waals surface area (Å²) < 4.78 is 25.6. The topological polar surface area (TPSA) is 69.7 Å². The van der Waals surface area contributed by atoms with Crippen molar-refractivity contribution in [3.63, 3.8) is 0 Å². The van der Waals surface area contributed by atoms with Crippen molar-refractivity contribution in [1.29, 1.82) is 0 Å². The van der Waals surface area contributed by atoms with E-state index < -0.39 is 15.9 Å². The van der Waals surface area contributed by atoms with Gasteiger partial charge >= 0.3 is 0 Å². The summed E-state index contributed by atoms with van der Waals surface area (Å²) in [6, 6.07) is 12.5. The van der Waals surface area contributed by atoms with Crippen LogP contribution in [-0.4, -0.2) is 45.1 Å². The molecule has 168 valence electrons. The van der Waals surface area contributed by atoms with Gasteiger partial charge in [-0.05, 0) is 55.3 Å². The molecule has 1 saturated heterocycles. The largest absolute Gasteiger partial charge is 0.350 e. The molecule has 0 radical (unpaired) electrons. The van der Waals surface area contributed by atoms with E-state index in [1.807, 2.05) is 18.2 Å². The van der Waals surface area contributed by atoms with E-state index in [4.69, 9.17) is 23.2 Å². The van der Waals surface area contributed by atoms with Crippen LogP contribution in [0.2, 0.25) is 10.0 Å². The number of hydrogen-bond donors (Lipinski definition) is 1. The average Bonchev–Trinajstić information content (AvgIpc) is 2.70. The minimum absolute atomic E-state index is 0.251. The van der Waals surface area contributed by atoms with Crippen LogP contribution in [0.3, 0.4) is 0 Å². The van der Waals surface area contributed by atoms with E-state index in [0.29, 0.717) is 16.6 Å². The zero-order chi connectivity index (χ0) is 22.4. The van der Waals surface area contributed by atoms with Crippen molar-refractivity contribution in [2.75, 3.05) is 30.2 Å². The SMILES string of the molecule is CS(=O)(=O)N(CC(=O)NCc1ccccc1CN1CCCCC1)c1cc(Cl)cc(Cl)c1. The van der Waals surface area contributed by atoms with Gasteiger partial charge in [-0.2, -0.15) is 0 Å². The van der Waals surface area contributed by atoms with Crippen molar-refractivity contribution in [3.05, 3.63) is 63.6 Å². The highest BCUT2D eigenvalue weighted by Crippen LogP contribution is 2.27. The number of benzene rings is 2. The third kappa shape index (κ3) is 7.10. The fraction of sp³-hybridized carbons (Fsp3) is 0.409. The molecule has 0 saturated carbocycles. The van der Waals surface area contributed by atoms with E-state index in [2.05, 4.69) is 16.3 Å². The molecular formula is C22H27Cl2N3O3S. The van der Waals surface area contributed by atoms with Crippen molar-refractivity contribution in [3.8, 4) is 0 Å². The summed E-state index contributed by atoms with van der Waals surface area (Å²) in [4.78, 5) is 15.1. The van der Waals surface area contributed by atoms with E-state index in [1.54, 1.807) is 0 Å². The van der Waals surface area contributed by atoms with Crippen molar-refractivity contribution in [2.45, 2.75) is 32.4 Å². The predicted octanol–water partition coefficient (Wildman–Crippen LogP) is 4.06. The number of hydrogen-bond acceptors (Lipinski definition) is 4. The first-order chi connectivity index (χ1) is 14.7. The van der Waals surface area contributed by atoms with Crippen molar-refractivity contribution >= 4 is 44.8 Å². The normalized spacial score (nSPS) is 14.9. The number of piperidine rings is 1. The van der Waals surface area contributed by atoms with Crippen molar-refractivity contribution in [2.24, 2.45) is 0 Å². The molecule has 0 unspecified atom stereocenters. The molecule has 6 nitrogen and oxygen atoms in total. The molecule has 1 heterocycles. The van der Waals surface area contributed by atoms with Gasteiger partial charge in [0, 0.05) is 23.1 Å². The Kier molecular flexibility index (Phi) is 8.22. The summed E-state index contributed by atoms with van der Waals surface area (Å²) in [5.74, 6) is -0.408. The number of anilines is 1.